The van der Waals surface area contributed by atoms with Gasteiger partial charge in [0, 0.05) is 6.04 Å². The molecule has 0 aliphatic rings. The molecule has 0 aliphatic heterocycles. The minimum absolute atomic E-state index is 0.346. The highest BCUT2D eigenvalue weighted by molar-refractivity contribution is 5.75. The van der Waals surface area contributed by atoms with Crippen LogP contribution in [0.5, 0.6) is 0 Å². The van der Waals surface area contributed by atoms with Crippen molar-refractivity contribution < 1.29 is 19.1 Å². The van der Waals surface area contributed by atoms with E-state index in [1.54, 1.807) is 45.9 Å². The Hall–Kier alpha value is -2.55. The van der Waals surface area contributed by atoms with Crippen LogP contribution in [0.1, 0.15) is 38.8 Å². The van der Waals surface area contributed by atoms with Crippen molar-refractivity contribution in [1.29, 1.82) is 5.26 Å². The number of methoxy groups -OCH3 is 1. The Kier molecular flexibility index (Phi) is 6.78. The largest absolute Gasteiger partial charge is 0.469 e. The van der Waals surface area contributed by atoms with Gasteiger partial charge in [0.05, 0.1) is 24.7 Å². The Morgan fingerprint density at radius 3 is 2.54 bits per heavy atom. The van der Waals surface area contributed by atoms with Crippen LogP contribution in [0.15, 0.2) is 24.3 Å². The monoisotopic (exact) mass is 332 g/mol. The number of hydrogen-bond acceptors (Lipinski definition) is 5. The molecule has 0 unspecified atom stereocenters. The van der Waals surface area contributed by atoms with Gasteiger partial charge in [0.2, 0.25) is 0 Å². The lowest BCUT2D eigenvalue weighted by molar-refractivity contribution is -0.146. The molecule has 0 heterocycles. The molecular weight excluding hydrogens is 308 g/mol. The third-order valence-corrected chi connectivity index (χ3v) is 3.36. The van der Waals surface area contributed by atoms with Gasteiger partial charge >= 0.3 is 12.1 Å². The Labute approximate surface area is 142 Å². The Morgan fingerprint density at radius 2 is 2.00 bits per heavy atom. The van der Waals surface area contributed by atoms with Crippen LogP contribution in [-0.2, 0) is 20.7 Å². The lowest BCUT2D eigenvalue weighted by atomic mass is 9.92. The third kappa shape index (κ3) is 6.29. The predicted molar refractivity (Wildman–Crippen MR) is 89.2 cm³/mol. The molecule has 1 aromatic carbocycles. The summed E-state index contributed by atoms with van der Waals surface area (Å²) in [5, 5.41) is 11.6. The maximum absolute atomic E-state index is 12.1. The number of nitrogens with one attached hydrogen (secondary N) is 1. The fourth-order valence-corrected chi connectivity index (χ4v) is 2.23. The van der Waals surface area contributed by atoms with E-state index in [0.717, 1.165) is 5.56 Å². The van der Waals surface area contributed by atoms with E-state index in [2.05, 4.69) is 11.4 Å². The number of esters is 1. The highest BCUT2D eigenvalue weighted by atomic mass is 16.6. The van der Waals surface area contributed by atoms with Crippen molar-refractivity contribution in [3.8, 4) is 6.07 Å². The Balaban J connectivity index is 2.86. The quantitative estimate of drug-likeness (QED) is 0.838. The van der Waals surface area contributed by atoms with Crippen molar-refractivity contribution in [3.63, 3.8) is 0 Å². The second-order valence-electron chi connectivity index (χ2n) is 6.58. The van der Waals surface area contributed by atoms with Crippen LogP contribution in [0.3, 0.4) is 0 Å². The number of carbonyl (C=O) groups is 2. The summed E-state index contributed by atoms with van der Waals surface area (Å²) < 4.78 is 10.1. The first-order valence-corrected chi connectivity index (χ1v) is 7.72. The lowest BCUT2D eigenvalue weighted by Gasteiger charge is -2.25. The molecule has 0 bridgehead atoms. The van der Waals surface area contributed by atoms with Crippen molar-refractivity contribution >= 4 is 12.1 Å². The summed E-state index contributed by atoms with van der Waals surface area (Å²) in [5.41, 5.74) is 0.720. The first kappa shape index (κ1) is 19.5. The predicted octanol–water partition coefficient (Wildman–Crippen LogP) is 2.80. The van der Waals surface area contributed by atoms with Gasteiger partial charge in [0.15, 0.2) is 0 Å². The van der Waals surface area contributed by atoms with E-state index in [-0.39, 0.29) is 0 Å². The van der Waals surface area contributed by atoms with Gasteiger partial charge in [0.1, 0.15) is 5.60 Å². The molecule has 0 saturated heterocycles. The van der Waals surface area contributed by atoms with Gasteiger partial charge in [-0.05, 0) is 51.8 Å². The van der Waals surface area contributed by atoms with E-state index in [4.69, 9.17) is 14.7 Å². The molecule has 0 fully saturated rings. The van der Waals surface area contributed by atoms with Crippen molar-refractivity contribution in [2.45, 2.75) is 45.8 Å². The lowest BCUT2D eigenvalue weighted by Crippen LogP contribution is -2.44. The smallest absolute Gasteiger partial charge is 0.407 e. The standard InChI is InChI=1S/C18H24N2O4/c1-12(20-17(22)24-18(2,3)4)15(16(21)23-5)10-13-7-6-8-14(9-13)11-19/h6-9,12,15H,10H2,1-5H3,(H,20,22)/t12-,15-/m1/s1. The number of hydrogen-bond donors (Lipinski definition) is 1. The maximum Gasteiger partial charge on any atom is 0.407 e. The molecule has 1 N–H and O–H groups in total. The zero-order valence-electron chi connectivity index (χ0n) is 14.8. The normalized spacial score (nSPS) is 13.3. The summed E-state index contributed by atoms with van der Waals surface area (Å²) in [4.78, 5) is 24.0. The summed E-state index contributed by atoms with van der Waals surface area (Å²) in [6, 6.07) is 8.58. The molecule has 0 spiro atoms. The number of nitriles is 1. The van der Waals surface area contributed by atoms with Crippen LogP contribution in [0.25, 0.3) is 0 Å². The van der Waals surface area contributed by atoms with Crippen molar-refractivity contribution in [2.24, 2.45) is 5.92 Å². The summed E-state index contributed by atoms with van der Waals surface area (Å²) in [5.74, 6) is -1.02. The second-order valence-corrected chi connectivity index (χ2v) is 6.58. The van der Waals surface area contributed by atoms with Crippen LogP contribution in [0, 0.1) is 17.2 Å². The van der Waals surface area contributed by atoms with Crippen molar-refractivity contribution in [3.05, 3.63) is 35.4 Å². The number of amides is 1. The minimum Gasteiger partial charge on any atom is -0.469 e. The average Bonchev–Trinajstić information content (AvgIpc) is 2.50. The van der Waals surface area contributed by atoms with Gasteiger partial charge in [-0.15, -0.1) is 0 Å². The number of nitrogens with zero attached hydrogens (tertiary/aromatic N) is 1. The molecule has 24 heavy (non-hydrogen) atoms. The van der Waals surface area contributed by atoms with Gasteiger partial charge < -0.3 is 14.8 Å². The minimum atomic E-state index is -0.619. The van der Waals surface area contributed by atoms with Crippen LogP contribution in [0.4, 0.5) is 4.79 Å². The van der Waals surface area contributed by atoms with Crippen molar-refractivity contribution in [2.75, 3.05) is 7.11 Å². The molecule has 0 aromatic heterocycles. The highest BCUT2D eigenvalue weighted by Gasteiger charge is 2.29. The van der Waals surface area contributed by atoms with Gasteiger partial charge in [-0.25, -0.2) is 4.79 Å². The van der Waals surface area contributed by atoms with Gasteiger partial charge in [-0.1, -0.05) is 12.1 Å². The molecule has 2 atom stereocenters. The van der Waals surface area contributed by atoms with Crippen LogP contribution < -0.4 is 5.32 Å². The first-order valence-electron chi connectivity index (χ1n) is 7.72. The number of rotatable bonds is 5. The SMILES string of the molecule is COC(=O)[C@H](Cc1cccc(C#N)c1)[C@@H](C)NC(=O)OC(C)(C)C. The van der Waals surface area contributed by atoms with Crippen LogP contribution in [0.2, 0.25) is 0 Å². The van der Waals surface area contributed by atoms with Gasteiger partial charge in [-0.3, -0.25) is 4.79 Å². The van der Waals surface area contributed by atoms with E-state index in [1.165, 1.54) is 7.11 Å². The van der Waals surface area contributed by atoms with E-state index in [1.807, 2.05) is 6.07 Å². The average molecular weight is 332 g/mol. The molecular formula is C18H24N2O4. The van der Waals surface area contributed by atoms with Crippen LogP contribution >= 0.6 is 0 Å². The molecule has 1 amide bonds. The van der Waals surface area contributed by atoms with E-state index < -0.39 is 29.6 Å². The molecule has 6 nitrogen and oxygen atoms in total. The Bertz CT molecular complexity index is 629. The summed E-state index contributed by atoms with van der Waals surface area (Å²) in [6.07, 6.45) is -0.242. The molecule has 0 radical (unpaired) electrons. The highest BCUT2D eigenvalue weighted by Crippen LogP contribution is 2.17. The van der Waals surface area contributed by atoms with Crippen LogP contribution in [-0.4, -0.2) is 30.8 Å². The molecule has 1 rings (SSSR count). The zero-order chi connectivity index (χ0) is 18.3. The molecule has 1 aromatic rings. The van der Waals surface area contributed by atoms with Crippen molar-refractivity contribution in [1.82, 2.24) is 5.32 Å². The maximum atomic E-state index is 12.1. The van der Waals surface area contributed by atoms with E-state index in [0.29, 0.717) is 12.0 Å². The first-order chi connectivity index (χ1) is 11.2. The van der Waals surface area contributed by atoms with E-state index in [9.17, 15) is 9.59 Å². The summed E-state index contributed by atoms with van der Waals surface area (Å²) >= 11 is 0. The number of benzene rings is 1. The number of carbonyl (C=O) groups excluding carboxylic acids is 2. The fourth-order valence-electron chi connectivity index (χ4n) is 2.23. The second kappa shape index (κ2) is 8.34. The molecule has 0 saturated carbocycles. The zero-order valence-corrected chi connectivity index (χ0v) is 14.8. The molecule has 6 heteroatoms. The summed E-state index contributed by atoms with van der Waals surface area (Å²) in [7, 11) is 1.31. The third-order valence-electron chi connectivity index (χ3n) is 3.36. The van der Waals surface area contributed by atoms with Gasteiger partial charge in [-0.2, -0.15) is 5.26 Å². The van der Waals surface area contributed by atoms with E-state index >= 15 is 0 Å². The number of ether oxygens (including phenoxy) is 2. The summed E-state index contributed by atoms with van der Waals surface area (Å²) in [6.45, 7) is 7.02. The molecule has 0 aliphatic carbocycles. The Morgan fingerprint density at radius 1 is 1.33 bits per heavy atom. The van der Waals surface area contributed by atoms with Gasteiger partial charge in [0.25, 0.3) is 0 Å². The molecule has 130 valence electrons. The number of alkyl carbamates (subject to hydrolysis) is 1. The fraction of sp³-hybridized carbons (Fsp3) is 0.500. The topological polar surface area (TPSA) is 88.4 Å².